The van der Waals surface area contributed by atoms with Crippen molar-refractivity contribution in [2.45, 2.75) is 19.8 Å². The highest BCUT2D eigenvalue weighted by molar-refractivity contribution is 6.00. The summed E-state index contributed by atoms with van der Waals surface area (Å²) >= 11 is 0. The van der Waals surface area contributed by atoms with Crippen LogP contribution in [0.15, 0.2) is 54.7 Å². The van der Waals surface area contributed by atoms with Crippen molar-refractivity contribution in [3.63, 3.8) is 0 Å². The second-order valence-electron chi connectivity index (χ2n) is 6.15. The lowest BCUT2D eigenvalue weighted by molar-refractivity contribution is 0.0954. The van der Waals surface area contributed by atoms with E-state index in [4.69, 9.17) is 4.74 Å². The molecule has 0 atom stereocenters. The normalized spacial score (nSPS) is 10.6. The maximum atomic E-state index is 13.2. The van der Waals surface area contributed by atoms with Gasteiger partial charge in [0.05, 0.1) is 18.4 Å². The van der Waals surface area contributed by atoms with Crippen LogP contribution in [0.1, 0.15) is 30.1 Å². The Bertz CT molecular complexity index is 919. The van der Waals surface area contributed by atoms with E-state index >= 15 is 0 Å². The van der Waals surface area contributed by atoms with Crippen molar-refractivity contribution in [2.24, 2.45) is 0 Å². The van der Waals surface area contributed by atoms with Crippen molar-refractivity contribution in [3.8, 4) is 22.7 Å². The number of methoxy groups -OCH3 is 1. The Labute approximate surface area is 157 Å². The van der Waals surface area contributed by atoms with E-state index in [1.54, 1.807) is 30.1 Å². The lowest BCUT2D eigenvalue weighted by Gasteiger charge is -2.06. The van der Waals surface area contributed by atoms with Crippen LogP contribution in [-0.4, -0.2) is 29.3 Å². The molecule has 0 fully saturated rings. The van der Waals surface area contributed by atoms with E-state index in [0.717, 1.165) is 18.4 Å². The molecular weight excluding hydrogens is 345 g/mol. The Morgan fingerprint density at radius 2 is 2.00 bits per heavy atom. The van der Waals surface area contributed by atoms with Gasteiger partial charge in [0.15, 0.2) is 0 Å². The molecular formula is C21H22FN3O2. The van der Waals surface area contributed by atoms with Gasteiger partial charge in [-0.15, -0.1) is 0 Å². The number of nitrogens with one attached hydrogen (secondary N) is 1. The minimum absolute atomic E-state index is 0.186. The van der Waals surface area contributed by atoms with Gasteiger partial charge in [0, 0.05) is 18.3 Å². The van der Waals surface area contributed by atoms with Gasteiger partial charge in [-0.25, -0.2) is 9.07 Å². The first-order valence-corrected chi connectivity index (χ1v) is 8.90. The largest absolute Gasteiger partial charge is 0.497 e. The van der Waals surface area contributed by atoms with Crippen molar-refractivity contribution in [1.29, 1.82) is 0 Å². The lowest BCUT2D eigenvalue weighted by Crippen LogP contribution is -2.24. The molecule has 2 aromatic carbocycles. The zero-order chi connectivity index (χ0) is 19.2. The number of halogens is 1. The third kappa shape index (κ3) is 4.34. The summed E-state index contributed by atoms with van der Waals surface area (Å²) in [6, 6.07) is 13.4. The zero-order valence-corrected chi connectivity index (χ0v) is 15.4. The Hall–Kier alpha value is -3.15. The van der Waals surface area contributed by atoms with Crippen molar-refractivity contribution in [3.05, 3.63) is 66.1 Å². The van der Waals surface area contributed by atoms with Gasteiger partial charge in [-0.3, -0.25) is 4.79 Å². The van der Waals surface area contributed by atoms with Gasteiger partial charge < -0.3 is 10.1 Å². The topological polar surface area (TPSA) is 56.2 Å². The number of amides is 1. The Balaban J connectivity index is 2.03. The minimum atomic E-state index is -0.323. The molecule has 0 aliphatic heterocycles. The van der Waals surface area contributed by atoms with E-state index < -0.39 is 0 Å². The van der Waals surface area contributed by atoms with Gasteiger partial charge in [-0.05, 0) is 42.8 Å². The molecule has 27 heavy (non-hydrogen) atoms. The van der Waals surface area contributed by atoms with Gasteiger partial charge in [0.25, 0.3) is 5.91 Å². The molecule has 6 heteroatoms. The standard InChI is InChI=1S/C21H22FN3O2/c1-3-4-12-23-21(26)19-14-25(17-10-8-16(22)9-11-17)24-20(19)15-6-5-7-18(13-15)27-2/h5-11,13-14H,3-4,12H2,1-2H3,(H,23,26). The lowest BCUT2D eigenvalue weighted by atomic mass is 10.1. The van der Waals surface area contributed by atoms with Crippen molar-refractivity contribution in [1.82, 2.24) is 15.1 Å². The summed E-state index contributed by atoms with van der Waals surface area (Å²) < 4.78 is 20.1. The van der Waals surface area contributed by atoms with Crippen LogP contribution in [0.5, 0.6) is 5.75 Å². The first-order chi connectivity index (χ1) is 13.1. The first kappa shape index (κ1) is 18.6. The third-order valence-electron chi connectivity index (χ3n) is 4.21. The van der Waals surface area contributed by atoms with E-state index in [1.165, 1.54) is 12.1 Å². The van der Waals surface area contributed by atoms with E-state index in [0.29, 0.717) is 29.2 Å². The van der Waals surface area contributed by atoms with Crippen molar-refractivity contribution in [2.75, 3.05) is 13.7 Å². The van der Waals surface area contributed by atoms with Crippen LogP contribution in [0.4, 0.5) is 4.39 Å². The highest BCUT2D eigenvalue weighted by Crippen LogP contribution is 2.27. The molecule has 1 heterocycles. The monoisotopic (exact) mass is 367 g/mol. The third-order valence-corrected chi connectivity index (χ3v) is 4.21. The summed E-state index contributed by atoms with van der Waals surface area (Å²) in [4.78, 5) is 12.7. The Morgan fingerprint density at radius 3 is 2.70 bits per heavy atom. The molecule has 0 aliphatic carbocycles. The maximum absolute atomic E-state index is 13.2. The number of carbonyl (C=O) groups excluding carboxylic acids is 1. The number of nitrogens with zero attached hydrogens (tertiary/aromatic N) is 2. The summed E-state index contributed by atoms with van der Waals surface area (Å²) in [7, 11) is 1.59. The van der Waals surface area contributed by atoms with Gasteiger partial charge in [0.1, 0.15) is 17.3 Å². The molecule has 5 nitrogen and oxygen atoms in total. The van der Waals surface area contributed by atoms with E-state index in [-0.39, 0.29) is 11.7 Å². The molecule has 1 N–H and O–H groups in total. The number of rotatable bonds is 7. The maximum Gasteiger partial charge on any atom is 0.255 e. The number of unbranched alkanes of at least 4 members (excludes halogenated alkanes) is 1. The fourth-order valence-corrected chi connectivity index (χ4v) is 2.72. The van der Waals surface area contributed by atoms with Gasteiger partial charge >= 0.3 is 0 Å². The SMILES string of the molecule is CCCCNC(=O)c1cn(-c2ccc(F)cc2)nc1-c1cccc(OC)c1. The average molecular weight is 367 g/mol. The Morgan fingerprint density at radius 1 is 1.22 bits per heavy atom. The number of hydrogen-bond acceptors (Lipinski definition) is 3. The summed E-state index contributed by atoms with van der Waals surface area (Å²) in [5, 5.41) is 7.51. The predicted octanol–water partition coefficient (Wildman–Crippen LogP) is 4.22. The summed E-state index contributed by atoms with van der Waals surface area (Å²) in [5.74, 6) is 0.173. The smallest absolute Gasteiger partial charge is 0.255 e. The minimum Gasteiger partial charge on any atom is -0.497 e. The molecule has 0 spiro atoms. The zero-order valence-electron chi connectivity index (χ0n) is 15.4. The van der Waals surface area contributed by atoms with E-state index in [1.807, 2.05) is 24.3 Å². The molecule has 3 rings (SSSR count). The van der Waals surface area contributed by atoms with Crippen LogP contribution in [-0.2, 0) is 0 Å². The quantitative estimate of drug-likeness (QED) is 0.636. The van der Waals surface area contributed by atoms with Crippen LogP contribution in [0, 0.1) is 5.82 Å². The molecule has 0 saturated carbocycles. The van der Waals surface area contributed by atoms with Gasteiger partial charge in [-0.1, -0.05) is 25.5 Å². The van der Waals surface area contributed by atoms with E-state index in [9.17, 15) is 9.18 Å². The predicted molar refractivity (Wildman–Crippen MR) is 103 cm³/mol. The fraction of sp³-hybridized carbons (Fsp3) is 0.238. The van der Waals surface area contributed by atoms with Gasteiger partial charge in [0.2, 0.25) is 0 Å². The second-order valence-corrected chi connectivity index (χ2v) is 6.15. The fourth-order valence-electron chi connectivity index (χ4n) is 2.72. The number of aromatic nitrogens is 2. The second kappa shape index (κ2) is 8.49. The molecule has 1 amide bonds. The highest BCUT2D eigenvalue weighted by atomic mass is 19.1. The number of carbonyl (C=O) groups is 1. The van der Waals surface area contributed by atoms with Crippen LogP contribution in [0.3, 0.4) is 0 Å². The average Bonchev–Trinajstić information content (AvgIpc) is 3.14. The number of benzene rings is 2. The summed E-state index contributed by atoms with van der Waals surface area (Å²) in [6.45, 7) is 2.68. The molecule has 0 aliphatic rings. The van der Waals surface area contributed by atoms with Crippen LogP contribution in [0.2, 0.25) is 0 Å². The molecule has 0 unspecified atom stereocenters. The molecule has 140 valence electrons. The van der Waals surface area contributed by atoms with Gasteiger partial charge in [-0.2, -0.15) is 5.10 Å². The van der Waals surface area contributed by atoms with E-state index in [2.05, 4.69) is 17.3 Å². The van der Waals surface area contributed by atoms with Crippen molar-refractivity contribution < 1.29 is 13.9 Å². The van der Waals surface area contributed by atoms with Crippen LogP contribution in [0.25, 0.3) is 16.9 Å². The van der Waals surface area contributed by atoms with Crippen molar-refractivity contribution >= 4 is 5.91 Å². The number of hydrogen-bond donors (Lipinski definition) is 1. The molecule has 0 radical (unpaired) electrons. The first-order valence-electron chi connectivity index (χ1n) is 8.90. The number of ether oxygens (including phenoxy) is 1. The van der Waals surface area contributed by atoms with Crippen LogP contribution < -0.4 is 10.1 Å². The highest BCUT2D eigenvalue weighted by Gasteiger charge is 2.19. The summed E-state index contributed by atoms with van der Waals surface area (Å²) in [5.41, 5.74) is 2.46. The van der Waals surface area contributed by atoms with Crippen LogP contribution >= 0.6 is 0 Å². The summed E-state index contributed by atoms with van der Waals surface area (Å²) in [6.07, 6.45) is 3.58. The molecule has 3 aromatic rings. The molecule has 1 aromatic heterocycles. The Kier molecular flexibility index (Phi) is 5.86. The molecule has 0 saturated heterocycles. The molecule has 0 bridgehead atoms.